The van der Waals surface area contributed by atoms with Gasteiger partial charge in [0.05, 0.1) is 12.0 Å². The van der Waals surface area contributed by atoms with Crippen LogP contribution >= 0.6 is 0 Å². The summed E-state index contributed by atoms with van der Waals surface area (Å²) in [7, 11) is 1.40. The van der Waals surface area contributed by atoms with E-state index in [1.807, 2.05) is 0 Å². The van der Waals surface area contributed by atoms with E-state index in [2.05, 4.69) is 12.2 Å². The number of rotatable bonds is 6. The first kappa shape index (κ1) is 13.6. The van der Waals surface area contributed by atoms with Gasteiger partial charge < -0.3 is 10.1 Å². The van der Waals surface area contributed by atoms with E-state index in [1.54, 1.807) is 0 Å². The molecular formula is C13H17FN2O3. The summed E-state index contributed by atoms with van der Waals surface area (Å²) in [6, 6.07) is 2.49. The van der Waals surface area contributed by atoms with Gasteiger partial charge in [-0.3, -0.25) is 10.1 Å². The van der Waals surface area contributed by atoms with Crippen molar-refractivity contribution in [3.05, 3.63) is 28.1 Å². The molecule has 0 spiro atoms. The molecule has 1 fully saturated rings. The van der Waals surface area contributed by atoms with E-state index in [9.17, 15) is 14.5 Å². The lowest BCUT2D eigenvalue weighted by Crippen LogP contribution is -2.15. The van der Waals surface area contributed by atoms with E-state index in [1.165, 1.54) is 13.2 Å². The van der Waals surface area contributed by atoms with E-state index in [0.29, 0.717) is 6.54 Å². The predicted octanol–water partition coefficient (Wildman–Crippen LogP) is 3.34. The number of nitro benzene ring substituents is 1. The summed E-state index contributed by atoms with van der Waals surface area (Å²) in [4.78, 5) is 10.2. The molecule has 0 aromatic heterocycles. The number of hydrogen-bond acceptors (Lipinski definition) is 4. The van der Waals surface area contributed by atoms with Crippen molar-refractivity contribution >= 4 is 11.4 Å². The Morgan fingerprint density at radius 3 is 2.68 bits per heavy atom. The van der Waals surface area contributed by atoms with Crippen LogP contribution in [0.25, 0.3) is 0 Å². The summed E-state index contributed by atoms with van der Waals surface area (Å²) in [6.07, 6.45) is 3.23. The molecule has 0 unspecified atom stereocenters. The molecule has 0 radical (unpaired) electrons. The Labute approximate surface area is 110 Å². The number of ether oxygens (including phenoxy) is 1. The highest BCUT2D eigenvalue weighted by atomic mass is 19.1. The fourth-order valence-electron chi connectivity index (χ4n) is 2.13. The second kappa shape index (κ2) is 5.03. The van der Waals surface area contributed by atoms with Crippen LogP contribution in [-0.4, -0.2) is 18.6 Å². The Hall–Kier alpha value is -1.85. The van der Waals surface area contributed by atoms with E-state index in [4.69, 9.17) is 4.74 Å². The van der Waals surface area contributed by atoms with Crippen LogP contribution in [0.5, 0.6) is 5.75 Å². The third kappa shape index (κ3) is 2.77. The van der Waals surface area contributed by atoms with Crippen molar-refractivity contribution in [2.24, 2.45) is 5.41 Å². The molecule has 1 saturated carbocycles. The first-order valence-electron chi connectivity index (χ1n) is 6.27. The highest BCUT2D eigenvalue weighted by Crippen LogP contribution is 2.49. The second-order valence-electron chi connectivity index (χ2n) is 4.97. The lowest BCUT2D eigenvalue weighted by Gasteiger charge is -2.15. The Bertz CT molecular complexity index is 501. The van der Waals surface area contributed by atoms with Crippen LogP contribution in [0.2, 0.25) is 0 Å². The average molecular weight is 268 g/mol. The van der Waals surface area contributed by atoms with Crippen LogP contribution < -0.4 is 10.1 Å². The van der Waals surface area contributed by atoms with Crippen LogP contribution in [0.4, 0.5) is 15.8 Å². The molecule has 0 heterocycles. The number of nitrogens with zero attached hydrogens (tertiary/aromatic N) is 1. The van der Waals surface area contributed by atoms with E-state index < -0.39 is 16.4 Å². The lowest BCUT2D eigenvalue weighted by atomic mass is 10.0. The average Bonchev–Trinajstić information content (AvgIpc) is 3.15. The zero-order valence-electron chi connectivity index (χ0n) is 11.0. The summed E-state index contributed by atoms with van der Waals surface area (Å²) in [5.74, 6) is -0.611. The van der Waals surface area contributed by atoms with Gasteiger partial charge in [0, 0.05) is 18.7 Å². The van der Waals surface area contributed by atoms with Gasteiger partial charge in [0.15, 0.2) is 0 Å². The molecule has 104 valence electrons. The number of nitro groups is 1. The molecule has 2 rings (SSSR count). The number of hydrogen-bond donors (Lipinski definition) is 1. The van der Waals surface area contributed by atoms with Gasteiger partial charge >= 0.3 is 5.69 Å². The van der Waals surface area contributed by atoms with Gasteiger partial charge in [-0.05, 0) is 24.7 Å². The van der Waals surface area contributed by atoms with Gasteiger partial charge in [0.1, 0.15) is 11.4 Å². The molecule has 0 aliphatic heterocycles. The van der Waals surface area contributed by atoms with Gasteiger partial charge in [0.25, 0.3) is 0 Å². The molecule has 0 saturated heterocycles. The van der Waals surface area contributed by atoms with E-state index in [-0.39, 0.29) is 16.9 Å². The topological polar surface area (TPSA) is 64.4 Å². The largest absolute Gasteiger partial charge is 0.497 e. The van der Waals surface area contributed by atoms with Crippen molar-refractivity contribution < 1.29 is 14.1 Å². The molecule has 1 aliphatic carbocycles. The highest BCUT2D eigenvalue weighted by molar-refractivity contribution is 5.65. The minimum Gasteiger partial charge on any atom is -0.497 e. The van der Waals surface area contributed by atoms with Crippen LogP contribution in [0.15, 0.2) is 12.1 Å². The summed E-state index contributed by atoms with van der Waals surface area (Å²) in [6.45, 7) is 2.71. The number of nitrogens with one attached hydrogen (secondary N) is 1. The molecule has 1 aliphatic rings. The number of methoxy groups -OCH3 is 1. The maximum Gasteiger partial charge on any atom is 0.327 e. The second-order valence-corrected chi connectivity index (χ2v) is 4.97. The Balaban J connectivity index is 2.26. The van der Waals surface area contributed by atoms with Crippen molar-refractivity contribution in [1.82, 2.24) is 0 Å². The molecule has 1 aromatic carbocycles. The molecule has 19 heavy (non-hydrogen) atoms. The van der Waals surface area contributed by atoms with Crippen molar-refractivity contribution in [2.75, 3.05) is 19.0 Å². The summed E-state index contributed by atoms with van der Waals surface area (Å²) < 4.78 is 18.6. The maximum absolute atomic E-state index is 13.7. The molecule has 0 atom stereocenters. The zero-order chi connectivity index (χ0) is 14.0. The molecule has 0 amide bonds. The minimum atomic E-state index is -0.881. The van der Waals surface area contributed by atoms with Crippen molar-refractivity contribution in [3.63, 3.8) is 0 Å². The Kier molecular flexibility index (Phi) is 3.59. The fraction of sp³-hybridized carbons (Fsp3) is 0.538. The number of benzene rings is 1. The molecular weight excluding hydrogens is 251 g/mol. The summed E-state index contributed by atoms with van der Waals surface area (Å²) in [5, 5.41) is 13.9. The van der Waals surface area contributed by atoms with Gasteiger partial charge in [-0.1, -0.05) is 6.92 Å². The van der Waals surface area contributed by atoms with Gasteiger partial charge in [-0.2, -0.15) is 4.39 Å². The third-order valence-electron chi connectivity index (χ3n) is 3.82. The van der Waals surface area contributed by atoms with Crippen molar-refractivity contribution in [2.45, 2.75) is 26.2 Å². The van der Waals surface area contributed by atoms with E-state index in [0.717, 1.165) is 25.3 Å². The fourth-order valence-corrected chi connectivity index (χ4v) is 2.13. The van der Waals surface area contributed by atoms with Crippen LogP contribution in [0.1, 0.15) is 26.2 Å². The molecule has 1 aromatic rings. The molecule has 5 nitrogen and oxygen atoms in total. The van der Waals surface area contributed by atoms with Crippen LogP contribution in [0, 0.1) is 21.3 Å². The monoisotopic (exact) mass is 268 g/mol. The molecule has 1 N–H and O–H groups in total. The van der Waals surface area contributed by atoms with Crippen molar-refractivity contribution in [1.29, 1.82) is 0 Å². The number of halogens is 1. The smallest absolute Gasteiger partial charge is 0.327 e. The normalized spacial score (nSPS) is 15.9. The van der Waals surface area contributed by atoms with Gasteiger partial charge in [-0.15, -0.1) is 0 Å². The first-order valence-corrected chi connectivity index (χ1v) is 6.27. The minimum absolute atomic E-state index is 0.182. The van der Waals surface area contributed by atoms with Crippen LogP contribution in [0.3, 0.4) is 0 Å². The molecule has 6 heteroatoms. The van der Waals surface area contributed by atoms with Gasteiger partial charge in [0.2, 0.25) is 5.82 Å². The zero-order valence-corrected chi connectivity index (χ0v) is 11.0. The SMILES string of the molecule is CCC1(CNc2cc(OC)cc(F)c2[N+](=O)[O-])CC1. The molecule has 0 bridgehead atoms. The Morgan fingerprint density at radius 2 is 2.21 bits per heavy atom. The van der Waals surface area contributed by atoms with Crippen LogP contribution in [-0.2, 0) is 0 Å². The van der Waals surface area contributed by atoms with Crippen molar-refractivity contribution in [3.8, 4) is 5.75 Å². The third-order valence-corrected chi connectivity index (χ3v) is 3.82. The predicted molar refractivity (Wildman–Crippen MR) is 70.1 cm³/mol. The quantitative estimate of drug-likeness (QED) is 0.634. The maximum atomic E-state index is 13.7. The van der Waals surface area contributed by atoms with E-state index >= 15 is 0 Å². The summed E-state index contributed by atoms with van der Waals surface area (Å²) in [5.41, 5.74) is -0.123. The summed E-state index contributed by atoms with van der Waals surface area (Å²) >= 11 is 0. The standard InChI is InChI=1S/C13H17FN2O3/c1-3-13(4-5-13)8-15-11-7-9(19-2)6-10(14)12(11)16(17)18/h6-7,15H,3-5,8H2,1-2H3. The highest BCUT2D eigenvalue weighted by Gasteiger charge is 2.40. The first-order chi connectivity index (χ1) is 9.01. The van der Waals surface area contributed by atoms with Gasteiger partial charge in [-0.25, -0.2) is 0 Å². The lowest BCUT2D eigenvalue weighted by molar-refractivity contribution is -0.386. The Morgan fingerprint density at radius 1 is 1.53 bits per heavy atom. The number of anilines is 1.